The van der Waals surface area contributed by atoms with Crippen molar-refractivity contribution in [2.45, 2.75) is 71.6 Å². The van der Waals surface area contributed by atoms with Crippen molar-refractivity contribution in [2.75, 3.05) is 0 Å². The van der Waals surface area contributed by atoms with Crippen molar-refractivity contribution in [2.24, 2.45) is 0 Å². The molecule has 0 atom stereocenters. The van der Waals surface area contributed by atoms with Gasteiger partial charge in [0.05, 0.1) is 0 Å². The van der Waals surface area contributed by atoms with Crippen LogP contribution in [0.1, 0.15) is 69.9 Å². The van der Waals surface area contributed by atoms with Gasteiger partial charge in [0.25, 0.3) is 0 Å². The third-order valence-electron chi connectivity index (χ3n) is 4.75. The molecule has 0 aromatic heterocycles. The molecular weight excluding hydrogens is 364 g/mol. The van der Waals surface area contributed by atoms with Crippen LogP contribution in [0.15, 0.2) is 48.5 Å². The van der Waals surface area contributed by atoms with Gasteiger partial charge in [-0.3, -0.25) is 9.59 Å². The maximum absolute atomic E-state index is 12.2. The Morgan fingerprint density at radius 2 is 1.07 bits per heavy atom. The van der Waals surface area contributed by atoms with Crippen molar-refractivity contribution in [3.63, 3.8) is 0 Å². The molecule has 0 amide bonds. The van der Waals surface area contributed by atoms with E-state index in [1.165, 1.54) is 0 Å². The highest BCUT2D eigenvalue weighted by atomic mass is 16.5. The summed E-state index contributed by atoms with van der Waals surface area (Å²) in [6, 6.07) is 15.3. The highest BCUT2D eigenvalue weighted by Crippen LogP contribution is 2.22. The second-order valence-corrected chi connectivity index (χ2v) is 7.22. The van der Waals surface area contributed by atoms with Gasteiger partial charge in [0.2, 0.25) is 0 Å². The number of carbonyl (C=O) groups excluding carboxylic acids is 2. The predicted octanol–water partition coefficient (Wildman–Crippen LogP) is 6.05. The molecule has 2 aromatic carbocycles. The molecule has 0 saturated carbocycles. The number of aryl methyl sites for hydroxylation is 2. The lowest BCUT2D eigenvalue weighted by Crippen LogP contribution is -2.13. The molecule has 0 aliphatic carbocycles. The molecule has 0 aliphatic rings. The number of esters is 2. The highest BCUT2D eigenvalue weighted by molar-refractivity contribution is 5.75. The molecule has 2 aromatic rings. The van der Waals surface area contributed by atoms with Crippen molar-refractivity contribution in [3.05, 3.63) is 59.7 Å². The topological polar surface area (TPSA) is 52.6 Å². The van der Waals surface area contributed by atoms with Gasteiger partial charge in [-0.1, -0.05) is 63.1 Å². The van der Waals surface area contributed by atoms with Gasteiger partial charge >= 0.3 is 11.9 Å². The third-order valence-corrected chi connectivity index (χ3v) is 4.75. The summed E-state index contributed by atoms with van der Waals surface area (Å²) in [5.74, 6) is 0.618. The Morgan fingerprint density at radius 3 is 1.48 bits per heavy atom. The van der Waals surface area contributed by atoms with Crippen LogP contribution < -0.4 is 9.47 Å². The molecule has 0 spiro atoms. The largest absolute Gasteiger partial charge is 0.426 e. The minimum atomic E-state index is -0.315. The maximum Gasteiger partial charge on any atom is 0.311 e. The molecule has 4 nitrogen and oxygen atoms in total. The Kier molecular flexibility index (Phi) is 9.98. The summed E-state index contributed by atoms with van der Waals surface area (Å²) in [5, 5.41) is 0. The summed E-state index contributed by atoms with van der Waals surface area (Å²) in [4.78, 5) is 24.4. The lowest BCUT2D eigenvalue weighted by atomic mass is 10.1. The lowest BCUT2D eigenvalue weighted by Gasteiger charge is -2.10. The highest BCUT2D eigenvalue weighted by Gasteiger charge is 2.12. The summed E-state index contributed by atoms with van der Waals surface area (Å²) >= 11 is 0. The quantitative estimate of drug-likeness (QED) is 0.323. The molecule has 0 unspecified atom stereocenters. The second-order valence-electron chi connectivity index (χ2n) is 7.22. The van der Waals surface area contributed by atoms with E-state index in [9.17, 15) is 9.59 Å². The van der Waals surface area contributed by atoms with Crippen LogP contribution in [-0.2, 0) is 22.4 Å². The summed E-state index contributed by atoms with van der Waals surface area (Å²) in [7, 11) is 0. The van der Waals surface area contributed by atoms with E-state index in [1.807, 2.05) is 48.5 Å². The smallest absolute Gasteiger partial charge is 0.311 e. The second kappa shape index (κ2) is 12.8. The first kappa shape index (κ1) is 22.7. The van der Waals surface area contributed by atoms with E-state index in [2.05, 4.69) is 13.8 Å². The number of carbonyl (C=O) groups is 2. The minimum Gasteiger partial charge on any atom is -0.426 e. The van der Waals surface area contributed by atoms with Crippen molar-refractivity contribution in [1.82, 2.24) is 0 Å². The van der Waals surface area contributed by atoms with E-state index >= 15 is 0 Å². The first-order valence-corrected chi connectivity index (χ1v) is 10.7. The zero-order valence-corrected chi connectivity index (χ0v) is 17.6. The number of benzene rings is 2. The van der Waals surface area contributed by atoms with Crippen molar-refractivity contribution >= 4 is 11.9 Å². The Hall–Kier alpha value is -2.62. The molecule has 0 radical (unpaired) electrons. The van der Waals surface area contributed by atoms with Gasteiger partial charge in [-0.2, -0.15) is 0 Å². The summed E-state index contributed by atoms with van der Waals surface area (Å²) in [6.45, 7) is 4.27. The van der Waals surface area contributed by atoms with E-state index < -0.39 is 0 Å². The average Bonchev–Trinajstić information content (AvgIpc) is 2.72. The van der Waals surface area contributed by atoms with Crippen LogP contribution in [0.2, 0.25) is 0 Å². The first-order valence-electron chi connectivity index (χ1n) is 10.7. The van der Waals surface area contributed by atoms with Gasteiger partial charge in [0, 0.05) is 12.8 Å². The number of unbranched alkanes of at least 4 members (excludes halogenated alkanes) is 2. The average molecular weight is 397 g/mol. The van der Waals surface area contributed by atoms with Gasteiger partial charge in [-0.05, 0) is 55.4 Å². The predicted molar refractivity (Wildman–Crippen MR) is 115 cm³/mol. The van der Waals surface area contributed by atoms with E-state index in [0.717, 1.165) is 49.7 Å². The zero-order chi connectivity index (χ0) is 20.9. The van der Waals surface area contributed by atoms with Crippen LogP contribution in [0.4, 0.5) is 0 Å². The van der Waals surface area contributed by atoms with E-state index in [0.29, 0.717) is 17.9 Å². The SMILES string of the molecule is CCCCc1ccccc1OC(=O)CCCC(=O)Oc1ccccc1CCCC. The third kappa shape index (κ3) is 8.10. The van der Waals surface area contributed by atoms with E-state index in [1.54, 1.807) is 0 Å². The van der Waals surface area contributed by atoms with Crippen LogP contribution in [-0.4, -0.2) is 11.9 Å². The number of hydrogen-bond donors (Lipinski definition) is 0. The lowest BCUT2D eigenvalue weighted by molar-refractivity contribution is -0.136. The van der Waals surface area contributed by atoms with Crippen LogP contribution >= 0.6 is 0 Å². The van der Waals surface area contributed by atoms with Crippen LogP contribution in [0.3, 0.4) is 0 Å². The number of para-hydroxylation sites is 2. The Bertz CT molecular complexity index is 716. The molecule has 0 bridgehead atoms. The Labute approximate surface area is 174 Å². The maximum atomic E-state index is 12.2. The zero-order valence-electron chi connectivity index (χ0n) is 17.6. The van der Waals surface area contributed by atoms with E-state index in [-0.39, 0.29) is 24.8 Å². The molecular formula is C25H32O4. The van der Waals surface area contributed by atoms with E-state index in [4.69, 9.17) is 9.47 Å². The Balaban J connectivity index is 1.79. The minimum absolute atomic E-state index is 0.189. The number of ether oxygens (including phenoxy) is 2. The molecule has 156 valence electrons. The number of rotatable bonds is 12. The fourth-order valence-corrected chi connectivity index (χ4v) is 3.08. The van der Waals surface area contributed by atoms with Gasteiger partial charge < -0.3 is 9.47 Å². The van der Waals surface area contributed by atoms with Crippen molar-refractivity contribution in [1.29, 1.82) is 0 Å². The number of hydrogen-bond acceptors (Lipinski definition) is 4. The van der Waals surface area contributed by atoms with Crippen LogP contribution in [0.25, 0.3) is 0 Å². The van der Waals surface area contributed by atoms with Crippen molar-refractivity contribution < 1.29 is 19.1 Å². The molecule has 4 heteroatoms. The van der Waals surface area contributed by atoms with Crippen LogP contribution in [0.5, 0.6) is 11.5 Å². The van der Waals surface area contributed by atoms with Gasteiger partial charge in [-0.15, -0.1) is 0 Å². The van der Waals surface area contributed by atoms with Gasteiger partial charge in [0.1, 0.15) is 11.5 Å². The summed E-state index contributed by atoms with van der Waals surface area (Å²) in [5.41, 5.74) is 2.09. The normalized spacial score (nSPS) is 10.6. The summed E-state index contributed by atoms with van der Waals surface area (Å²) in [6.07, 6.45) is 6.86. The monoisotopic (exact) mass is 396 g/mol. The molecule has 29 heavy (non-hydrogen) atoms. The van der Waals surface area contributed by atoms with Crippen molar-refractivity contribution in [3.8, 4) is 11.5 Å². The molecule has 0 aliphatic heterocycles. The molecule has 0 saturated heterocycles. The summed E-state index contributed by atoms with van der Waals surface area (Å²) < 4.78 is 11.0. The molecule has 0 fully saturated rings. The standard InChI is InChI=1S/C25H32O4/c1-3-5-12-20-14-7-9-16-22(20)28-24(26)18-11-19-25(27)29-23-17-10-8-15-21(23)13-6-4-2/h7-10,14-17H,3-6,11-13,18-19H2,1-2H3. The fraction of sp³-hybridized carbons (Fsp3) is 0.440. The first-order chi connectivity index (χ1) is 14.1. The fourth-order valence-electron chi connectivity index (χ4n) is 3.08. The van der Waals surface area contributed by atoms with Crippen LogP contribution in [0, 0.1) is 0 Å². The molecule has 0 N–H and O–H groups in total. The molecule has 0 heterocycles. The molecule has 2 rings (SSSR count). The Morgan fingerprint density at radius 1 is 0.655 bits per heavy atom. The van der Waals surface area contributed by atoms with Gasteiger partial charge in [0.15, 0.2) is 0 Å². The van der Waals surface area contributed by atoms with Gasteiger partial charge in [-0.25, -0.2) is 0 Å².